The van der Waals surface area contributed by atoms with E-state index in [1.807, 2.05) is 0 Å². The molecule has 2 unspecified atom stereocenters. The molecule has 1 aromatic rings. The lowest BCUT2D eigenvalue weighted by Gasteiger charge is -2.04. The summed E-state index contributed by atoms with van der Waals surface area (Å²) < 4.78 is 0. The van der Waals surface area contributed by atoms with Crippen molar-refractivity contribution < 1.29 is 9.90 Å². The summed E-state index contributed by atoms with van der Waals surface area (Å²) >= 11 is 0. The van der Waals surface area contributed by atoms with Gasteiger partial charge in [0, 0.05) is 19.2 Å². The van der Waals surface area contributed by atoms with Crippen LogP contribution < -0.4 is 10.6 Å². The van der Waals surface area contributed by atoms with Gasteiger partial charge >= 0.3 is 5.97 Å². The number of rotatable bonds is 4. The van der Waals surface area contributed by atoms with Gasteiger partial charge in [-0.25, -0.2) is 9.97 Å². The summed E-state index contributed by atoms with van der Waals surface area (Å²) in [4.78, 5) is 18.6. The molecule has 1 aromatic heterocycles. The van der Waals surface area contributed by atoms with Crippen LogP contribution in [-0.4, -0.2) is 34.1 Å². The SMILES string of the molecule is CNc1cc(NC2CC2C(=O)O)ncn1. The van der Waals surface area contributed by atoms with Crippen molar-refractivity contribution in [2.45, 2.75) is 12.5 Å². The molecular weight excluding hydrogens is 196 g/mol. The third-order valence-corrected chi connectivity index (χ3v) is 2.36. The van der Waals surface area contributed by atoms with E-state index in [-0.39, 0.29) is 12.0 Å². The second kappa shape index (κ2) is 3.72. The molecule has 15 heavy (non-hydrogen) atoms. The summed E-state index contributed by atoms with van der Waals surface area (Å²) in [6.07, 6.45) is 2.10. The highest BCUT2D eigenvalue weighted by Crippen LogP contribution is 2.33. The maximum absolute atomic E-state index is 10.6. The quantitative estimate of drug-likeness (QED) is 0.664. The van der Waals surface area contributed by atoms with Gasteiger partial charge in [0.15, 0.2) is 0 Å². The summed E-state index contributed by atoms with van der Waals surface area (Å²) in [6.45, 7) is 0. The second-order valence-electron chi connectivity index (χ2n) is 3.47. The highest BCUT2D eigenvalue weighted by Gasteiger charge is 2.43. The molecule has 1 aliphatic rings. The van der Waals surface area contributed by atoms with Crippen LogP contribution in [0.3, 0.4) is 0 Å². The number of hydrogen-bond donors (Lipinski definition) is 3. The number of hydrogen-bond acceptors (Lipinski definition) is 5. The van der Waals surface area contributed by atoms with Crippen molar-refractivity contribution in [3.8, 4) is 0 Å². The zero-order valence-corrected chi connectivity index (χ0v) is 8.27. The highest BCUT2D eigenvalue weighted by atomic mass is 16.4. The standard InChI is InChI=1S/C9H12N4O2/c1-10-7-3-8(12-4-11-7)13-6-2-5(6)9(14)15/h3-6H,2H2,1H3,(H,14,15)(H2,10,11,12,13). The van der Waals surface area contributed by atoms with Crippen molar-refractivity contribution in [1.82, 2.24) is 9.97 Å². The third-order valence-electron chi connectivity index (χ3n) is 2.36. The van der Waals surface area contributed by atoms with E-state index in [9.17, 15) is 4.79 Å². The molecular formula is C9H12N4O2. The first-order valence-electron chi connectivity index (χ1n) is 4.70. The van der Waals surface area contributed by atoms with Gasteiger partial charge in [-0.05, 0) is 6.42 Å². The monoisotopic (exact) mass is 208 g/mol. The molecule has 0 spiro atoms. The summed E-state index contributed by atoms with van der Waals surface area (Å²) in [7, 11) is 1.77. The van der Waals surface area contributed by atoms with E-state index in [2.05, 4.69) is 20.6 Å². The maximum atomic E-state index is 10.6. The van der Waals surface area contributed by atoms with E-state index in [1.54, 1.807) is 13.1 Å². The Morgan fingerprint density at radius 1 is 1.53 bits per heavy atom. The Morgan fingerprint density at radius 3 is 2.87 bits per heavy atom. The molecule has 2 rings (SSSR count). The molecule has 0 aliphatic heterocycles. The summed E-state index contributed by atoms with van der Waals surface area (Å²) in [5.74, 6) is 0.330. The summed E-state index contributed by atoms with van der Waals surface area (Å²) in [5, 5.41) is 14.7. The minimum atomic E-state index is -0.754. The molecule has 0 saturated heterocycles. The van der Waals surface area contributed by atoms with Crippen LogP contribution in [0.1, 0.15) is 6.42 Å². The van der Waals surface area contributed by atoms with Gasteiger partial charge in [0.1, 0.15) is 18.0 Å². The Hall–Kier alpha value is -1.85. The van der Waals surface area contributed by atoms with Crippen molar-refractivity contribution in [2.75, 3.05) is 17.7 Å². The molecule has 0 bridgehead atoms. The van der Waals surface area contributed by atoms with Gasteiger partial charge < -0.3 is 15.7 Å². The predicted octanol–water partition coefficient (Wildman–Crippen LogP) is 0.403. The van der Waals surface area contributed by atoms with E-state index in [0.717, 1.165) is 0 Å². The molecule has 3 N–H and O–H groups in total. The normalized spacial score (nSPS) is 23.3. The van der Waals surface area contributed by atoms with Gasteiger partial charge in [-0.3, -0.25) is 4.79 Å². The highest BCUT2D eigenvalue weighted by molar-refractivity contribution is 5.75. The van der Waals surface area contributed by atoms with Crippen LogP contribution in [0.15, 0.2) is 12.4 Å². The Bertz CT molecular complexity index is 382. The van der Waals surface area contributed by atoms with Crippen LogP contribution in [0.5, 0.6) is 0 Å². The average molecular weight is 208 g/mol. The molecule has 1 fully saturated rings. The number of aromatic nitrogens is 2. The summed E-state index contributed by atoms with van der Waals surface area (Å²) in [6, 6.07) is 1.75. The number of aliphatic carboxylic acids is 1. The van der Waals surface area contributed by atoms with Crippen molar-refractivity contribution in [2.24, 2.45) is 5.92 Å². The molecule has 0 aromatic carbocycles. The molecule has 6 heteroatoms. The first kappa shape index (κ1) is 9.70. The summed E-state index contributed by atoms with van der Waals surface area (Å²) in [5.41, 5.74) is 0. The molecule has 1 heterocycles. The van der Waals surface area contributed by atoms with E-state index in [1.165, 1.54) is 6.33 Å². The predicted molar refractivity (Wildman–Crippen MR) is 54.7 cm³/mol. The molecule has 80 valence electrons. The number of carboxylic acid groups (broad SMARTS) is 1. The molecule has 2 atom stereocenters. The van der Waals surface area contributed by atoms with Crippen LogP contribution >= 0.6 is 0 Å². The van der Waals surface area contributed by atoms with Gasteiger partial charge in [0.25, 0.3) is 0 Å². The van der Waals surface area contributed by atoms with Gasteiger partial charge in [-0.15, -0.1) is 0 Å². The van der Waals surface area contributed by atoms with Crippen LogP contribution in [0, 0.1) is 5.92 Å². The lowest BCUT2D eigenvalue weighted by atomic mass is 10.4. The number of nitrogens with zero attached hydrogens (tertiary/aromatic N) is 2. The maximum Gasteiger partial charge on any atom is 0.308 e. The van der Waals surface area contributed by atoms with Gasteiger partial charge in [0.2, 0.25) is 0 Å². The Morgan fingerprint density at radius 2 is 2.27 bits per heavy atom. The number of anilines is 2. The number of nitrogens with one attached hydrogen (secondary N) is 2. The lowest BCUT2D eigenvalue weighted by molar-refractivity contribution is -0.138. The Labute approximate surface area is 86.7 Å². The minimum absolute atomic E-state index is 0.00195. The van der Waals surface area contributed by atoms with Crippen LogP contribution in [0.2, 0.25) is 0 Å². The molecule has 1 saturated carbocycles. The van der Waals surface area contributed by atoms with E-state index in [0.29, 0.717) is 18.1 Å². The van der Waals surface area contributed by atoms with E-state index >= 15 is 0 Å². The second-order valence-corrected chi connectivity index (χ2v) is 3.47. The lowest BCUT2D eigenvalue weighted by Crippen LogP contribution is -2.11. The van der Waals surface area contributed by atoms with Gasteiger partial charge in [0.05, 0.1) is 5.92 Å². The minimum Gasteiger partial charge on any atom is -0.481 e. The van der Waals surface area contributed by atoms with Crippen molar-refractivity contribution >= 4 is 17.6 Å². The Kier molecular flexibility index (Phi) is 2.40. The van der Waals surface area contributed by atoms with Crippen molar-refractivity contribution in [1.29, 1.82) is 0 Å². The fourth-order valence-electron chi connectivity index (χ4n) is 1.39. The average Bonchev–Trinajstić information content (AvgIpc) is 2.98. The van der Waals surface area contributed by atoms with E-state index in [4.69, 9.17) is 5.11 Å². The largest absolute Gasteiger partial charge is 0.481 e. The van der Waals surface area contributed by atoms with Crippen molar-refractivity contribution in [3.05, 3.63) is 12.4 Å². The Balaban J connectivity index is 1.97. The molecule has 1 aliphatic carbocycles. The van der Waals surface area contributed by atoms with Crippen LogP contribution in [0.4, 0.5) is 11.6 Å². The fraction of sp³-hybridized carbons (Fsp3) is 0.444. The molecule has 6 nitrogen and oxygen atoms in total. The fourth-order valence-corrected chi connectivity index (χ4v) is 1.39. The smallest absolute Gasteiger partial charge is 0.308 e. The zero-order chi connectivity index (χ0) is 10.8. The number of carboxylic acids is 1. The molecule has 0 amide bonds. The van der Waals surface area contributed by atoms with Gasteiger partial charge in [-0.2, -0.15) is 0 Å². The van der Waals surface area contributed by atoms with Crippen LogP contribution in [0.25, 0.3) is 0 Å². The first-order valence-corrected chi connectivity index (χ1v) is 4.70. The third kappa shape index (κ3) is 2.15. The molecule has 0 radical (unpaired) electrons. The number of carbonyl (C=O) groups is 1. The van der Waals surface area contributed by atoms with Crippen LogP contribution in [-0.2, 0) is 4.79 Å². The van der Waals surface area contributed by atoms with Gasteiger partial charge in [-0.1, -0.05) is 0 Å². The zero-order valence-electron chi connectivity index (χ0n) is 8.27. The van der Waals surface area contributed by atoms with E-state index < -0.39 is 5.97 Å². The van der Waals surface area contributed by atoms with Crippen molar-refractivity contribution in [3.63, 3.8) is 0 Å². The first-order chi connectivity index (χ1) is 7.20. The topological polar surface area (TPSA) is 87.1 Å².